The number of thiol groups is 1. The molecular formula is C15H25N5O9S. The van der Waals surface area contributed by atoms with Crippen LogP contribution in [0.3, 0.4) is 0 Å². The van der Waals surface area contributed by atoms with Gasteiger partial charge in [0, 0.05) is 12.2 Å². The molecule has 4 atom stereocenters. The zero-order valence-corrected chi connectivity index (χ0v) is 16.6. The molecule has 0 aromatic carbocycles. The maximum absolute atomic E-state index is 12.5. The Morgan fingerprint density at radius 1 is 0.867 bits per heavy atom. The lowest BCUT2D eigenvalue weighted by Gasteiger charge is -2.24. The van der Waals surface area contributed by atoms with E-state index < -0.39 is 79.2 Å². The molecule has 0 saturated carbocycles. The Kier molecular flexibility index (Phi) is 12.0. The molecule has 0 heterocycles. The SMILES string of the molecule is NC(=O)CC(NC(=O)C(CCC(=O)O)NC(=O)C(N)CS)C(=O)NC(CO)C(=O)O. The van der Waals surface area contributed by atoms with Crippen LogP contribution in [0.25, 0.3) is 0 Å². The zero-order valence-electron chi connectivity index (χ0n) is 15.7. The van der Waals surface area contributed by atoms with Crippen LogP contribution < -0.4 is 27.4 Å². The summed E-state index contributed by atoms with van der Waals surface area (Å²) in [4.78, 5) is 69.6. The topological polar surface area (TPSA) is 251 Å². The molecule has 0 radical (unpaired) electrons. The highest BCUT2D eigenvalue weighted by Crippen LogP contribution is 2.02. The van der Waals surface area contributed by atoms with Crippen molar-refractivity contribution in [2.75, 3.05) is 12.4 Å². The van der Waals surface area contributed by atoms with Gasteiger partial charge >= 0.3 is 11.9 Å². The summed E-state index contributed by atoms with van der Waals surface area (Å²) in [5.41, 5.74) is 10.5. The van der Waals surface area contributed by atoms with Gasteiger partial charge in [-0.05, 0) is 6.42 Å². The highest BCUT2D eigenvalue weighted by molar-refractivity contribution is 7.80. The number of amides is 4. The van der Waals surface area contributed by atoms with E-state index in [2.05, 4.69) is 23.3 Å². The van der Waals surface area contributed by atoms with Crippen LogP contribution in [0.15, 0.2) is 0 Å². The number of hydrogen-bond acceptors (Lipinski definition) is 9. The number of aliphatic hydroxyl groups excluding tert-OH is 1. The molecule has 0 spiro atoms. The van der Waals surface area contributed by atoms with Gasteiger partial charge < -0.3 is 42.7 Å². The number of carboxylic acids is 2. The minimum atomic E-state index is -1.71. The monoisotopic (exact) mass is 451 g/mol. The van der Waals surface area contributed by atoms with Gasteiger partial charge in [0.1, 0.15) is 18.1 Å². The Hall–Kier alpha value is -2.91. The van der Waals surface area contributed by atoms with E-state index in [1.165, 1.54) is 0 Å². The third-order valence-corrected chi connectivity index (χ3v) is 4.04. The van der Waals surface area contributed by atoms with Crippen molar-refractivity contribution in [2.24, 2.45) is 11.5 Å². The lowest BCUT2D eigenvalue weighted by Crippen LogP contribution is -2.58. The molecule has 170 valence electrons. The van der Waals surface area contributed by atoms with Gasteiger partial charge in [0.2, 0.25) is 23.6 Å². The van der Waals surface area contributed by atoms with Gasteiger partial charge in [0.15, 0.2) is 0 Å². The number of rotatable bonds is 14. The number of aliphatic carboxylic acids is 2. The van der Waals surface area contributed by atoms with Crippen LogP contribution in [-0.4, -0.2) is 87.4 Å². The average molecular weight is 451 g/mol. The zero-order chi connectivity index (χ0) is 23.4. The van der Waals surface area contributed by atoms with Gasteiger partial charge in [-0.1, -0.05) is 0 Å². The number of hydrogen-bond donors (Lipinski definition) is 9. The third kappa shape index (κ3) is 10.0. The predicted molar refractivity (Wildman–Crippen MR) is 103 cm³/mol. The molecule has 0 bridgehead atoms. The van der Waals surface area contributed by atoms with Crippen molar-refractivity contribution in [3.05, 3.63) is 0 Å². The van der Waals surface area contributed by atoms with E-state index in [0.29, 0.717) is 0 Å². The molecule has 0 rings (SSSR count). The van der Waals surface area contributed by atoms with Gasteiger partial charge in [-0.2, -0.15) is 12.6 Å². The molecule has 0 aromatic rings. The summed E-state index contributed by atoms with van der Waals surface area (Å²) in [6.07, 6.45) is -1.62. The van der Waals surface area contributed by atoms with Gasteiger partial charge in [0.25, 0.3) is 0 Å². The molecule has 15 heteroatoms. The van der Waals surface area contributed by atoms with Gasteiger partial charge in [-0.25, -0.2) is 4.79 Å². The van der Waals surface area contributed by atoms with Crippen molar-refractivity contribution in [1.29, 1.82) is 0 Å². The summed E-state index contributed by atoms with van der Waals surface area (Å²) in [5.74, 6) is -6.90. The highest BCUT2D eigenvalue weighted by Gasteiger charge is 2.31. The number of nitrogens with one attached hydrogen (secondary N) is 3. The lowest BCUT2D eigenvalue weighted by molar-refractivity contribution is -0.143. The summed E-state index contributed by atoms with van der Waals surface area (Å²) in [5, 5.41) is 32.9. The number of carboxylic acid groups (broad SMARTS) is 2. The average Bonchev–Trinajstić information content (AvgIpc) is 2.66. The molecule has 0 aromatic heterocycles. The van der Waals surface area contributed by atoms with Crippen molar-refractivity contribution in [3.63, 3.8) is 0 Å². The van der Waals surface area contributed by atoms with Crippen LogP contribution in [0.4, 0.5) is 0 Å². The molecule has 4 amide bonds. The van der Waals surface area contributed by atoms with E-state index in [9.17, 15) is 28.8 Å². The number of carbonyl (C=O) groups is 6. The second kappa shape index (κ2) is 13.3. The number of nitrogens with two attached hydrogens (primary N) is 2. The fourth-order valence-corrected chi connectivity index (χ4v) is 2.20. The van der Waals surface area contributed by atoms with Crippen molar-refractivity contribution in [1.82, 2.24) is 16.0 Å². The first kappa shape index (κ1) is 27.1. The van der Waals surface area contributed by atoms with Crippen LogP contribution in [0.2, 0.25) is 0 Å². The van der Waals surface area contributed by atoms with Crippen molar-refractivity contribution in [2.45, 2.75) is 43.4 Å². The van der Waals surface area contributed by atoms with Crippen molar-refractivity contribution >= 4 is 48.2 Å². The largest absolute Gasteiger partial charge is 0.481 e. The Labute approximate surface area is 176 Å². The van der Waals surface area contributed by atoms with Gasteiger partial charge in [0.05, 0.1) is 19.1 Å². The second-order valence-corrected chi connectivity index (χ2v) is 6.46. The maximum atomic E-state index is 12.5. The van der Waals surface area contributed by atoms with Crippen LogP contribution in [0.5, 0.6) is 0 Å². The molecule has 0 saturated heterocycles. The van der Waals surface area contributed by atoms with E-state index in [-0.39, 0.29) is 12.2 Å². The van der Waals surface area contributed by atoms with E-state index in [4.69, 9.17) is 26.8 Å². The van der Waals surface area contributed by atoms with Crippen LogP contribution in [-0.2, 0) is 28.8 Å². The smallest absolute Gasteiger partial charge is 0.328 e. The van der Waals surface area contributed by atoms with E-state index in [0.717, 1.165) is 0 Å². The molecule has 30 heavy (non-hydrogen) atoms. The predicted octanol–water partition coefficient (Wildman–Crippen LogP) is -4.48. The first-order valence-electron chi connectivity index (χ1n) is 8.54. The molecular weight excluding hydrogens is 426 g/mol. The summed E-state index contributed by atoms with van der Waals surface area (Å²) >= 11 is 3.84. The first-order valence-corrected chi connectivity index (χ1v) is 9.17. The number of carbonyl (C=O) groups excluding carboxylic acids is 4. The summed E-state index contributed by atoms with van der Waals surface area (Å²) < 4.78 is 0. The quantitative estimate of drug-likeness (QED) is 0.114. The van der Waals surface area contributed by atoms with E-state index in [1.807, 2.05) is 5.32 Å². The number of aliphatic hydroxyl groups is 1. The second-order valence-electron chi connectivity index (χ2n) is 6.10. The van der Waals surface area contributed by atoms with Gasteiger partial charge in [-0.3, -0.25) is 24.0 Å². The third-order valence-electron chi connectivity index (χ3n) is 3.65. The van der Waals surface area contributed by atoms with Crippen LogP contribution in [0, 0.1) is 0 Å². The summed E-state index contributed by atoms with van der Waals surface area (Å²) in [7, 11) is 0. The molecule has 0 aliphatic rings. The standard InChI is InChI=1S/C15H25N5O9S/c16-6(5-30)12(25)18-7(1-2-11(23)24)13(26)19-8(3-10(17)22)14(27)20-9(4-21)15(28)29/h6-9,21,30H,1-5,16H2,(H2,17,22)(H,18,25)(H,19,26)(H,20,27)(H,23,24)(H,28,29). The van der Waals surface area contributed by atoms with Crippen molar-refractivity contribution < 1.29 is 44.1 Å². The van der Waals surface area contributed by atoms with Crippen LogP contribution >= 0.6 is 12.6 Å². The van der Waals surface area contributed by atoms with Crippen LogP contribution in [0.1, 0.15) is 19.3 Å². The first-order chi connectivity index (χ1) is 13.9. The Morgan fingerprint density at radius 3 is 1.80 bits per heavy atom. The van der Waals surface area contributed by atoms with E-state index in [1.54, 1.807) is 0 Å². The minimum Gasteiger partial charge on any atom is -0.481 e. The van der Waals surface area contributed by atoms with E-state index >= 15 is 0 Å². The van der Waals surface area contributed by atoms with Gasteiger partial charge in [-0.15, -0.1) is 0 Å². The molecule has 0 aliphatic heterocycles. The molecule has 10 N–H and O–H groups in total. The molecule has 14 nitrogen and oxygen atoms in total. The molecule has 0 aliphatic carbocycles. The maximum Gasteiger partial charge on any atom is 0.328 e. The summed E-state index contributed by atoms with van der Waals surface area (Å²) in [6.45, 7) is -0.961. The Morgan fingerprint density at radius 2 is 1.37 bits per heavy atom. The highest BCUT2D eigenvalue weighted by atomic mass is 32.1. The fourth-order valence-electron chi connectivity index (χ4n) is 2.04. The Bertz CT molecular complexity index is 675. The molecule has 4 unspecified atom stereocenters. The fraction of sp³-hybridized carbons (Fsp3) is 0.600. The Balaban J connectivity index is 5.44. The lowest BCUT2D eigenvalue weighted by atomic mass is 10.1. The number of primary amides is 1. The summed E-state index contributed by atoms with van der Waals surface area (Å²) in [6, 6.07) is -5.89. The minimum absolute atomic E-state index is 0.0659. The molecule has 0 fully saturated rings. The van der Waals surface area contributed by atoms with Crippen molar-refractivity contribution in [3.8, 4) is 0 Å². The normalized spacial score (nSPS) is 14.5.